The molecule has 0 aromatic carbocycles. The van der Waals surface area contributed by atoms with Crippen LogP contribution in [0.2, 0.25) is 0 Å². The highest BCUT2D eigenvalue weighted by molar-refractivity contribution is 5.26. The Morgan fingerprint density at radius 2 is 2.05 bits per heavy atom. The third-order valence-corrected chi connectivity index (χ3v) is 2.45. The average Bonchev–Trinajstić information content (AvgIpc) is 2.68. The van der Waals surface area contributed by atoms with E-state index in [1.54, 1.807) is 0 Å². The van der Waals surface area contributed by atoms with E-state index in [4.69, 9.17) is 20.7 Å². The van der Waals surface area contributed by atoms with Crippen LogP contribution in [0.3, 0.4) is 0 Å². The van der Waals surface area contributed by atoms with Crippen molar-refractivity contribution in [1.82, 2.24) is 9.55 Å². The van der Waals surface area contributed by atoms with E-state index >= 15 is 0 Å². The monoisotopic (exact) mass is 289 g/mol. The number of hydrogen-bond donors (Lipinski definition) is 3. The summed E-state index contributed by atoms with van der Waals surface area (Å²) in [6.45, 7) is 4.51. The maximum absolute atomic E-state index is 13.1. The predicted octanol–water partition coefficient (Wildman–Crippen LogP) is 0.369. The molecule has 2 rings (SSSR count). The first-order chi connectivity index (χ1) is 9.08. The molecule has 20 heavy (non-hydrogen) atoms. The topological polar surface area (TPSA) is 111 Å². The van der Waals surface area contributed by atoms with E-state index in [2.05, 4.69) is 4.98 Å². The lowest BCUT2D eigenvalue weighted by Gasteiger charge is -2.13. The van der Waals surface area contributed by atoms with E-state index in [0.717, 1.165) is 17.2 Å². The van der Waals surface area contributed by atoms with Gasteiger partial charge >= 0.3 is 5.69 Å². The highest BCUT2D eigenvalue weighted by Gasteiger charge is 2.24. The van der Waals surface area contributed by atoms with E-state index in [-0.39, 0.29) is 11.9 Å². The number of ether oxygens (including phenoxy) is 1. The third kappa shape index (κ3) is 5.24. The Morgan fingerprint density at radius 1 is 1.50 bits per heavy atom. The number of rotatable bonds is 1. The molecule has 2 atom stereocenters. The number of nitrogens with zero attached hydrogens (tertiary/aromatic N) is 2. The summed E-state index contributed by atoms with van der Waals surface area (Å²) in [5.41, 5.74) is 4.60. The van der Waals surface area contributed by atoms with Crippen LogP contribution in [-0.4, -0.2) is 31.7 Å². The molecule has 8 heteroatoms. The van der Waals surface area contributed by atoms with Gasteiger partial charge in [-0.05, 0) is 33.6 Å². The van der Waals surface area contributed by atoms with Gasteiger partial charge < -0.3 is 20.7 Å². The van der Waals surface area contributed by atoms with Crippen molar-refractivity contribution in [3.8, 4) is 0 Å². The van der Waals surface area contributed by atoms with Crippen LogP contribution < -0.4 is 11.4 Å². The Kier molecular flexibility index (Phi) is 5.21. The number of hydrogen-bond acceptors (Lipinski definition) is 6. The zero-order chi connectivity index (χ0) is 15.5. The molecular weight excluding hydrogens is 269 g/mol. The van der Waals surface area contributed by atoms with Crippen LogP contribution in [0.25, 0.3) is 0 Å². The first-order valence-corrected chi connectivity index (χ1v) is 6.22. The van der Waals surface area contributed by atoms with Crippen LogP contribution in [0.4, 0.5) is 10.2 Å². The minimum Gasteiger partial charge on any atom is -0.381 e. The molecule has 0 saturated carbocycles. The molecule has 0 radical (unpaired) electrons. The standard InChI is InChI=1S/C9H12FN3O2.C3H8O2/c1-5-2-3-7(15-5)13-4-6(10)8(11)12-9(13)14;1-3(2,4)5/h4-5,7H,2-3H2,1H3,(H2,11,12,14);4-5H,1-2H3. The summed E-state index contributed by atoms with van der Waals surface area (Å²) in [7, 11) is 0. The van der Waals surface area contributed by atoms with Crippen LogP contribution in [0.15, 0.2) is 11.0 Å². The van der Waals surface area contributed by atoms with E-state index in [9.17, 15) is 9.18 Å². The molecule has 0 aliphatic carbocycles. The van der Waals surface area contributed by atoms with Gasteiger partial charge in [0.25, 0.3) is 0 Å². The van der Waals surface area contributed by atoms with Crippen LogP contribution >= 0.6 is 0 Å². The lowest BCUT2D eigenvalue weighted by Crippen LogP contribution is -2.28. The van der Waals surface area contributed by atoms with Gasteiger partial charge in [-0.15, -0.1) is 0 Å². The number of anilines is 1. The Labute approximate surface area is 115 Å². The molecule has 1 aromatic rings. The number of aromatic nitrogens is 2. The van der Waals surface area contributed by atoms with Gasteiger partial charge in [-0.1, -0.05) is 0 Å². The van der Waals surface area contributed by atoms with E-state index < -0.39 is 23.5 Å². The fourth-order valence-corrected chi connectivity index (χ4v) is 1.65. The quantitative estimate of drug-likeness (QED) is 0.644. The number of nitrogens with two attached hydrogens (primary N) is 1. The van der Waals surface area contributed by atoms with Crippen molar-refractivity contribution in [2.24, 2.45) is 0 Å². The summed E-state index contributed by atoms with van der Waals surface area (Å²) >= 11 is 0. The van der Waals surface area contributed by atoms with Gasteiger partial charge in [0.1, 0.15) is 6.23 Å². The largest absolute Gasteiger partial charge is 0.381 e. The maximum atomic E-state index is 13.1. The molecule has 4 N–H and O–H groups in total. The van der Waals surface area contributed by atoms with Crippen molar-refractivity contribution >= 4 is 5.82 Å². The van der Waals surface area contributed by atoms with Crippen molar-refractivity contribution in [1.29, 1.82) is 0 Å². The molecule has 2 heterocycles. The fourth-order valence-electron chi connectivity index (χ4n) is 1.65. The molecule has 1 aliphatic rings. The Balaban J connectivity index is 0.000000347. The second-order valence-corrected chi connectivity index (χ2v) is 5.14. The summed E-state index contributed by atoms with van der Waals surface area (Å²) in [5.74, 6) is -2.57. The SMILES string of the molecule is CC(C)(O)O.CC1CCC(n2cc(F)c(N)nc2=O)O1. The Hall–Kier alpha value is -1.51. The van der Waals surface area contributed by atoms with Crippen LogP contribution in [-0.2, 0) is 4.74 Å². The number of nitrogen functional groups attached to an aromatic ring is 1. The number of halogens is 1. The first-order valence-electron chi connectivity index (χ1n) is 6.22. The third-order valence-electron chi connectivity index (χ3n) is 2.45. The zero-order valence-corrected chi connectivity index (χ0v) is 11.7. The fraction of sp³-hybridized carbons (Fsp3) is 0.667. The summed E-state index contributed by atoms with van der Waals surface area (Å²) in [6, 6.07) is 0. The molecule has 1 aromatic heterocycles. The molecule has 7 nitrogen and oxygen atoms in total. The van der Waals surface area contributed by atoms with Gasteiger partial charge in [-0.2, -0.15) is 4.98 Å². The molecule has 0 spiro atoms. The molecule has 0 amide bonds. The highest BCUT2D eigenvalue weighted by atomic mass is 19.1. The molecule has 1 fully saturated rings. The molecule has 0 bridgehead atoms. The van der Waals surface area contributed by atoms with Gasteiger partial charge in [-0.25, -0.2) is 9.18 Å². The summed E-state index contributed by atoms with van der Waals surface area (Å²) in [4.78, 5) is 14.8. The summed E-state index contributed by atoms with van der Waals surface area (Å²) in [6.07, 6.45) is 2.25. The van der Waals surface area contributed by atoms with Crippen LogP contribution in [0, 0.1) is 5.82 Å². The van der Waals surface area contributed by atoms with Crippen molar-refractivity contribution in [3.63, 3.8) is 0 Å². The van der Waals surface area contributed by atoms with E-state index in [0.29, 0.717) is 6.42 Å². The van der Waals surface area contributed by atoms with E-state index in [1.165, 1.54) is 13.8 Å². The maximum Gasteiger partial charge on any atom is 0.351 e. The van der Waals surface area contributed by atoms with Gasteiger partial charge in [0.15, 0.2) is 17.4 Å². The normalized spacial score (nSPS) is 22.3. The lowest BCUT2D eigenvalue weighted by molar-refractivity contribution is -0.127. The second-order valence-electron chi connectivity index (χ2n) is 5.14. The Bertz CT molecular complexity index is 506. The molecule has 2 unspecified atom stereocenters. The Morgan fingerprint density at radius 3 is 2.50 bits per heavy atom. The van der Waals surface area contributed by atoms with Gasteiger partial charge in [0.2, 0.25) is 0 Å². The molecule has 114 valence electrons. The van der Waals surface area contributed by atoms with Crippen molar-refractivity contribution in [2.75, 3.05) is 5.73 Å². The number of aliphatic hydroxyl groups is 2. The van der Waals surface area contributed by atoms with Crippen LogP contribution in [0.1, 0.15) is 39.8 Å². The van der Waals surface area contributed by atoms with Crippen molar-refractivity contribution in [2.45, 2.75) is 51.7 Å². The first kappa shape index (κ1) is 16.5. The molecular formula is C12H20FN3O4. The summed E-state index contributed by atoms with van der Waals surface area (Å²) in [5, 5.41) is 16.2. The van der Waals surface area contributed by atoms with Crippen molar-refractivity contribution < 1.29 is 19.3 Å². The van der Waals surface area contributed by atoms with E-state index in [1.807, 2.05) is 6.92 Å². The average molecular weight is 289 g/mol. The smallest absolute Gasteiger partial charge is 0.351 e. The zero-order valence-electron chi connectivity index (χ0n) is 11.7. The molecule has 1 saturated heterocycles. The summed E-state index contributed by atoms with van der Waals surface area (Å²) < 4.78 is 19.7. The van der Waals surface area contributed by atoms with Crippen molar-refractivity contribution in [3.05, 3.63) is 22.5 Å². The predicted molar refractivity (Wildman–Crippen MR) is 70.2 cm³/mol. The lowest BCUT2D eigenvalue weighted by atomic mass is 10.2. The van der Waals surface area contributed by atoms with Gasteiger partial charge in [0.05, 0.1) is 12.3 Å². The highest BCUT2D eigenvalue weighted by Crippen LogP contribution is 2.26. The van der Waals surface area contributed by atoms with Crippen LogP contribution in [0.5, 0.6) is 0 Å². The second kappa shape index (κ2) is 6.29. The molecule has 1 aliphatic heterocycles. The minimum absolute atomic E-state index is 0.0857. The minimum atomic E-state index is -1.50. The van der Waals surface area contributed by atoms with Gasteiger partial charge in [-0.3, -0.25) is 4.57 Å². The van der Waals surface area contributed by atoms with Gasteiger partial charge in [0, 0.05) is 0 Å².